The van der Waals surface area contributed by atoms with Crippen molar-refractivity contribution in [2.75, 3.05) is 31.7 Å². The summed E-state index contributed by atoms with van der Waals surface area (Å²) in [6, 6.07) is 4.58. The van der Waals surface area contributed by atoms with E-state index < -0.39 is 10.3 Å². The largest absolute Gasteiger partial charge is 0.396 e. The maximum atomic E-state index is 12.0. The van der Waals surface area contributed by atoms with Crippen LogP contribution in [0.25, 0.3) is 0 Å². The molecule has 1 saturated heterocycles. The quantitative estimate of drug-likeness (QED) is 0.508. The standard InChI is InChI=1S/C15H19N3O5/c19-7-15(8-23-9-15)6-16-12-4-1-10(5-13(12)18(21)22)14(20)17-11-2-3-11/h1,4-5,11,16,19H,2-3,6-9H2,(H,17,20). The van der Waals surface area contributed by atoms with Gasteiger partial charge in [-0.2, -0.15) is 0 Å². The third-order valence-corrected chi connectivity index (χ3v) is 4.17. The summed E-state index contributed by atoms with van der Waals surface area (Å²) in [5, 5.41) is 26.5. The summed E-state index contributed by atoms with van der Waals surface area (Å²) in [5.74, 6) is -0.290. The molecule has 0 spiro atoms. The number of nitro benzene ring substituents is 1. The van der Waals surface area contributed by atoms with Crippen molar-refractivity contribution in [3.8, 4) is 0 Å². The van der Waals surface area contributed by atoms with Crippen molar-refractivity contribution < 1.29 is 19.6 Å². The van der Waals surface area contributed by atoms with Crippen LogP contribution in [0.2, 0.25) is 0 Å². The maximum Gasteiger partial charge on any atom is 0.293 e. The molecule has 3 N–H and O–H groups in total. The van der Waals surface area contributed by atoms with Crippen LogP contribution in [0.1, 0.15) is 23.2 Å². The highest BCUT2D eigenvalue weighted by Gasteiger charge is 2.38. The smallest absolute Gasteiger partial charge is 0.293 e. The molecule has 1 aromatic carbocycles. The van der Waals surface area contributed by atoms with E-state index in [1.165, 1.54) is 12.1 Å². The number of aliphatic hydroxyl groups excluding tert-OH is 1. The summed E-state index contributed by atoms with van der Waals surface area (Å²) in [6.07, 6.45) is 1.91. The number of rotatable bonds is 7. The van der Waals surface area contributed by atoms with E-state index in [1.54, 1.807) is 6.07 Å². The Balaban J connectivity index is 1.73. The van der Waals surface area contributed by atoms with Gasteiger partial charge in [0.25, 0.3) is 11.6 Å². The van der Waals surface area contributed by atoms with E-state index in [0.29, 0.717) is 25.4 Å². The lowest BCUT2D eigenvalue weighted by Gasteiger charge is -2.40. The van der Waals surface area contributed by atoms with Gasteiger partial charge in [-0.1, -0.05) is 0 Å². The highest BCUT2D eigenvalue weighted by atomic mass is 16.6. The molecule has 23 heavy (non-hydrogen) atoms. The Labute approximate surface area is 133 Å². The number of amides is 1. The molecule has 0 unspecified atom stereocenters. The molecular formula is C15H19N3O5. The third kappa shape index (κ3) is 3.43. The monoisotopic (exact) mass is 321 g/mol. The summed E-state index contributed by atoms with van der Waals surface area (Å²) in [6.45, 7) is 1.17. The van der Waals surface area contributed by atoms with E-state index in [-0.39, 0.29) is 29.8 Å². The van der Waals surface area contributed by atoms with Gasteiger partial charge in [0.05, 0.1) is 30.2 Å². The molecule has 8 nitrogen and oxygen atoms in total. The van der Waals surface area contributed by atoms with Gasteiger partial charge >= 0.3 is 0 Å². The van der Waals surface area contributed by atoms with Crippen LogP contribution in [-0.2, 0) is 4.74 Å². The van der Waals surface area contributed by atoms with Crippen LogP contribution >= 0.6 is 0 Å². The molecule has 0 radical (unpaired) electrons. The minimum absolute atomic E-state index is 0.0460. The van der Waals surface area contributed by atoms with Gasteiger partial charge in [-0.25, -0.2) is 0 Å². The Kier molecular flexibility index (Phi) is 4.18. The average molecular weight is 321 g/mol. The van der Waals surface area contributed by atoms with E-state index in [9.17, 15) is 20.0 Å². The van der Waals surface area contributed by atoms with Crippen LogP contribution in [0.15, 0.2) is 18.2 Å². The van der Waals surface area contributed by atoms with E-state index in [2.05, 4.69) is 10.6 Å². The number of ether oxygens (including phenoxy) is 1. The lowest BCUT2D eigenvalue weighted by molar-refractivity contribution is -0.384. The van der Waals surface area contributed by atoms with Crippen LogP contribution in [-0.4, -0.2) is 48.3 Å². The van der Waals surface area contributed by atoms with Crippen LogP contribution in [0.3, 0.4) is 0 Å². The van der Waals surface area contributed by atoms with Gasteiger partial charge in [0.15, 0.2) is 0 Å². The second-order valence-corrected chi connectivity index (χ2v) is 6.24. The Hall–Kier alpha value is -2.19. The number of benzene rings is 1. The molecule has 124 valence electrons. The Morgan fingerprint density at radius 1 is 1.43 bits per heavy atom. The van der Waals surface area contributed by atoms with Gasteiger partial charge in [-0.15, -0.1) is 0 Å². The Morgan fingerprint density at radius 2 is 2.17 bits per heavy atom. The fraction of sp³-hybridized carbons (Fsp3) is 0.533. The van der Waals surface area contributed by atoms with Crippen molar-refractivity contribution in [1.29, 1.82) is 0 Å². The van der Waals surface area contributed by atoms with Crippen molar-refractivity contribution in [2.45, 2.75) is 18.9 Å². The number of hydrogen-bond donors (Lipinski definition) is 3. The fourth-order valence-corrected chi connectivity index (χ4v) is 2.39. The van der Waals surface area contributed by atoms with Gasteiger partial charge in [0.2, 0.25) is 0 Å². The molecular weight excluding hydrogens is 302 g/mol. The molecule has 1 amide bonds. The highest BCUT2D eigenvalue weighted by Crippen LogP contribution is 2.31. The Bertz CT molecular complexity index is 620. The number of nitro groups is 1. The summed E-state index contributed by atoms with van der Waals surface area (Å²) >= 11 is 0. The first-order valence-electron chi connectivity index (χ1n) is 7.55. The average Bonchev–Trinajstić information content (AvgIpc) is 3.30. The number of nitrogens with one attached hydrogen (secondary N) is 2. The fourth-order valence-electron chi connectivity index (χ4n) is 2.39. The van der Waals surface area contributed by atoms with Crippen molar-refractivity contribution >= 4 is 17.3 Å². The number of hydrogen-bond acceptors (Lipinski definition) is 6. The van der Waals surface area contributed by atoms with Crippen LogP contribution in [0, 0.1) is 15.5 Å². The van der Waals surface area contributed by atoms with Crippen molar-refractivity contribution in [3.63, 3.8) is 0 Å². The van der Waals surface area contributed by atoms with E-state index in [1.807, 2.05) is 0 Å². The second-order valence-electron chi connectivity index (χ2n) is 6.24. The number of carbonyl (C=O) groups excluding carboxylic acids is 1. The molecule has 1 aromatic rings. The van der Waals surface area contributed by atoms with Crippen molar-refractivity contribution in [1.82, 2.24) is 5.32 Å². The lowest BCUT2D eigenvalue weighted by atomic mass is 9.87. The predicted octanol–water partition coefficient (Wildman–Crippen LogP) is 0.908. The molecule has 8 heteroatoms. The van der Waals surface area contributed by atoms with Gasteiger partial charge < -0.3 is 20.5 Å². The summed E-state index contributed by atoms with van der Waals surface area (Å²) in [4.78, 5) is 22.8. The zero-order valence-corrected chi connectivity index (χ0v) is 12.6. The molecule has 0 aromatic heterocycles. The van der Waals surface area contributed by atoms with Gasteiger partial charge in [0.1, 0.15) is 5.69 Å². The molecule has 1 saturated carbocycles. The van der Waals surface area contributed by atoms with E-state index in [4.69, 9.17) is 4.74 Å². The molecule has 0 bridgehead atoms. The lowest BCUT2D eigenvalue weighted by Crippen LogP contribution is -2.50. The van der Waals surface area contributed by atoms with Gasteiger partial charge in [-0.3, -0.25) is 14.9 Å². The molecule has 2 aliphatic rings. The molecule has 1 heterocycles. The van der Waals surface area contributed by atoms with Crippen molar-refractivity contribution in [2.24, 2.45) is 5.41 Å². The number of nitrogens with zero attached hydrogens (tertiary/aromatic N) is 1. The SMILES string of the molecule is O=C(NC1CC1)c1ccc(NCC2(CO)COC2)c([N+](=O)[O-])c1. The highest BCUT2D eigenvalue weighted by molar-refractivity contribution is 5.96. The zero-order chi connectivity index (χ0) is 16.4. The van der Waals surface area contributed by atoms with E-state index in [0.717, 1.165) is 12.8 Å². The summed E-state index contributed by atoms with van der Waals surface area (Å²) in [5.41, 5.74) is 0.0630. The molecule has 1 aliphatic heterocycles. The zero-order valence-electron chi connectivity index (χ0n) is 12.6. The van der Waals surface area contributed by atoms with Crippen LogP contribution < -0.4 is 10.6 Å². The normalized spacial score (nSPS) is 18.8. The van der Waals surface area contributed by atoms with Gasteiger partial charge in [-0.05, 0) is 25.0 Å². The first-order valence-corrected chi connectivity index (χ1v) is 7.55. The number of anilines is 1. The molecule has 1 aliphatic carbocycles. The first kappa shape index (κ1) is 15.7. The van der Waals surface area contributed by atoms with Crippen molar-refractivity contribution in [3.05, 3.63) is 33.9 Å². The predicted molar refractivity (Wildman–Crippen MR) is 82.4 cm³/mol. The van der Waals surface area contributed by atoms with Gasteiger partial charge in [0, 0.05) is 24.2 Å². The van der Waals surface area contributed by atoms with E-state index >= 15 is 0 Å². The molecule has 0 atom stereocenters. The maximum absolute atomic E-state index is 12.0. The molecule has 2 fully saturated rings. The van der Waals surface area contributed by atoms with Crippen LogP contribution in [0.4, 0.5) is 11.4 Å². The van der Waals surface area contributed by atoms with Crippen LogP contribution in [0.5, 0.6) is 0 Å². The minimum Gasteiger partial charge on any atom is -0.396 e. The first-order chi connectivity index (χ1) is 11.0. The summed E-state index contributed by atoms with van der Waals surface area (Å²) in [7, 11) is 0. The minimum atomic E-state index is -0.515. The Morgan fingerprint density at radius 3 is 2.70 bits per heavy atom. The summed E-state index contributed by atoms with van der Waals surface area (Å²) < 4.78 is 5.10. The second kappa shape index (κ2) is 6.13. The topological polar surface area (TPSA) is 114 Å². The number of carbonyl (C=O) groups is 1. The molecule has 3 rings (SSSR count). The number of aliphatic hydroxyl groups is 1. The third-order valence-electron chi connectivity index (χ3n) is 4.17.